The molecule has 1 aliphatic rings. The van der Waals surface area contributed by atoms with Crippen molar-refractivity contribution in [3.63, 3.8) is 0 Å². The van der Waals surface area contributed by atoms with Crippen LogP contribution in [0.3, 0.4) is 0 Å². The summed E-state index contributed by atoms with van der Waals surface area (Å²) in [4.78, 5) is 2.52. The van der Waals surface area contributed by atoms with Crippen molar-refractivity contribution in [2.75, 3.05) is 13.1 Å². The average molecular weight is 343 g/mol. The molecule has 2 nitrogen and oxygen atoms in total. The quantitative estimate of drug-likeness (QED) is 0.663. The summed E-state index contributed by atoms with van der Waals surface area (Å²) in [5.74, 6) is 0.379. The summed E-state index contributed by atoms with van der Waals surface area (Å²) in [6.07, 6.45) is 3.75. The third kappa shape index (κ3) is 3.51. The molecule has 1 unspecified atom stereocenters. The summed E-state index contributed by atoms with van der Waals surface area (Å²) in [7, 11) is 0. The molecule has 2 heteroatoms. The highest BCUT2D eigenvalue weighted by Gasteiger charge is 2.26. The predicted molar refractivity (Wildman–Crippen MR) is 107 cm³/mol. The van der Waals surface area contributed by atoms with Crippen molar-refractivity contribution in [1.82, 2.24) is 4.90 Å². The van der Waals surface area contributed by atoms with Crippen LogP contribution in [0.15, 0.2) is 78.9 Å². The Balaban J connectivity index is 1.80. The molecule has 1 heterocycles. The number of hydrogen-bond donors (Lipinski definition) is 1. The summed E-state index contributed by atoms with van der Waals surface area (Å²) in [6, 6.07) is 27.1. The van der Waals surface area contributed by atoms with Gasteiger partial charge in [0.05, 0.1) is 6.04 Å². The van der Waals surface area contributed by atoms with Crippen LogP contribution in [0.4, 0.5) is 0 Å². The highest BCUT2D eigenvalue weighted by atomic mass is 16.3. The van der Waals surface area contributed by atoms with Gasteiger partial charge in [-0.05, 0) is 54.8 Å². The molecule has 0 radical (unpaired) electrons. The molecule has 0 aromatic heterocycles. The number of nitrogens with zero attached hydrogens (tertiary/aromatic N) is 1. The van der Waals surface area contributed by atoms with Gasteiger partial charge in [0, 0.05) is 5.56 Å². The zero-order valence-electron chi connectivity index (χ0n) is 15.0. The first kappa shape index (κ1) is 16.9. The molecule has 0 amide bonds. The lowest BCUT2D eigenvalue weighted by molar-refractivity contribution is 0.185. The molecule has 1 saturated heterocycles. The highest BCUT2D eigenvalue weighted by Crippen LogP contribution is 2.38. The minimum Gasteiger partial charge on any atom is -0.508 e. The van der Waals surface area contributed by atoms with Gasteiger partial charge < -0.3 is 5.11 Å². The molecule has 1 N–H and O–H groups in total. The van der Waals surface area contributed by atoms with Crippen LogP contribution in [0.25, 0.3) is 11.1 Å². The highest BCUT2D eigenvalue weighted by molar-refractivity contribution is 5.66. The van der Waals surface area contributed by atoms with Crippen LogP contribution in [0.1, 0.15) is 36.4 Å². The molecule has 0 bridgehead atoms. The van der Waals surface area contributed by atoms with E-state index in [0.29, 0.717) is 5.75 Å². The minimum atomic E-state index is 0.0974. The second kappa shape index (κ2) is 7.76. The number of rotatable bonds is 4. The Bertz CT molecular complexity index is 839. The van der Waals surface area contributed by atoms with E-state index < -0.39 is 0 Å². The maximum absolute atomic E-state index is 10.7. The van der Waals surface area contributed by atoms with Gasteiger partial charge in [0.2, 0.25) is 0 Å². The first-order valence-corrected chi connectivity index (χ1v) is 9.50. The molecule has 132 valence electrons. The largest absolute Gasteiger partial charge is 0.508 e. The van der Waals surface area contributed by atoms with Crippen LogP contribution in [-0.2, 0) is 0 Å². The lowest BCUT2D eigenvalue weighted by Crippen LogP contribution is -2.34. The monoisotopic (exact) mass is 343 g/mol. The number of phenols is 1. The third-order valence-corrected chi connectivity index (χ3v) is 5.30. The van der Waals surface area contributed by atoms with Crippen LogP contribution in [0.2, 0.25) is 0 Å². The molecule has 0 aliphatic carbocycles. The number of phenolic OH excluding ortho intramolecular Hbond substituents is 1. The molecule has 3 aromatic carbocycles. The van der Waals surface area contributed by atoms with Gasteiger partial charge >= 0.3 is 0 Å². The number of aromatic hydroxyl groups is 1. The zero-order chi connectivity index (χ0) is 17.8. The maximum Gasteiger partial charge on any atom is 0.120 e. The molecule has 26 heavy (non-hydrogen) atoms. The number of hydrogen-bond acceptors (Lipinski definition) is 2. The van der Waals surface area contributed by atoms with Crippen LogP contribution in [0.5, 0.6) is 5.75 Å². The van der Waals surface area contributed by atoms with E-state index in [1.165, 1.54) is 30.4 Å². The van der Waals surface area contributed by atoms with E-state index in [9.17, 15) is 5.11 Å². The Morgan fingerprint density at radius 2 is 1.35 bits per heavy atom. The molecule has 1 atom stereocenters. The smallest absolute Gasteiger partial charge is 0.120 e. The van der Waals surface area contributed by atoms with Gasteiger partial charge in [-0.2, -0.15) is 0 Å². The molecule has 3 aromatic rings. The number of likely N-dealkylation sites (tertiary alicyclic amines) is 1. The Morgan fingerprint density at radius 3 is 2.04 bits per heavy atom. The van der Waals surface area contributed by atoms with E-state index in [2.05, 4.69) is 65.6 Å². The van der Waals surface area contributed by atoms with Crippen LogP contribution in [0, 0.1) is 0 Å². The van der Waals surface area contributed by atoms with Crippen molar-refractivity contribution in [1.29, 1.82) is 0 Å². The standard InChI is InChI=1S/C24H25NO/c26-23-15-14-21(19-10-4-1-5-11-19)18-22(23)24(20-12-6-2-7-13-20)25-16-8-3-9-17-25/h1-2,4-7,10-15,18,24,26H,3,8-9,16-17H2. The van der Waals surface area contributed by atoms with Crippen LogP contribution >= 0.6 is 0 Å². The van der Waals surface area contributed by atoms with E-state index >= 15 is 0 Å². The molecule has 4 rings (SSSR count). The Labute approximate surface area is 155 Å². The van der Waals surface area contributed by atoms with Gasteiger partial charge in [-0.1, -0.05) is 73.2 Å². The van der Waals surface area contributed by atoms with E-state index in [0.717, 1.165) is 24.2 Å². The van der Waals surface area contributed by atoms with Crippen molar-refractivity contribution >= 4 is 0 Å². The van der Waals surface area contributed by atoms with Crippen molar-refractivity contribution < 1.29 is 5.11 Å². The fourth-order valence-corrected chi connectivity index (χ4v) is 3.98. The summed E-state index contributed by atoms with van der Waals surface area (Å²) in [5.41, 5.74) is 4.57. The fraction of sp³-hybridized carbons (Fsp3) is 0.250. The predicted octanol–water partition coefficient (Wildman–Crippen LogP) is 5.63. The topological polar surface area (TPSA) is 23.5 Å². The fourth-order valence-electron chi connectivity index (χ4n) is 3.98. The first-order chi connectivity index (χ1) is 12.8. The average Bonchev–Trinajstić information content (AvgIpc) is 2.72. The summed E-state index contributed by atoms with van der Waals surface area (Å²) < 4.78 is 0. The van der Waals surface area contributed by atoms with Crippen molar-refractivity contribution in [3.05, 3.63) is 90.0 Å². The molecule has 1 aliphatic heterocycles. The zero-order valence-corrected chi connectivity index (χ0v) is 15.0. The van der Waals surface area contributed by atoms with Gasteiger partial charge in [-0.25, -0.2) is 0 Å². The second-order valence-electron chi connectivity index (χ2n) is 7.05. The summed E-state index contributed by atoms with van der Waals surface area (Å²) in [5, 5.41) is 10.7. The van der Waals surface area contributed by atoms with Crippen molar-refractivity contribution in [2.24, 2.45) is 0 Å². The van der Waals surface area contributed by atoms with Crippen LogP contribution in [-0.4, -0.2) is 23.1 Å². The summed E-state index contributed by atoms with van der Waals surface area (Å²) >= 11 is 0. The molecule has 0 saturated carbocycles. The van der Waals surface area contributed by atoms with Crippen molar-refractivity contribution in [2.45, 2.75) is 25.3 Å². The van der Waals surface area contributed by atoms with Gasteiger partial charge in [-0.15, -0.1) is 0 Å². The summed E-state index contributed by atoms with van der Waals surface area (Å²) in [6.45, 7) is 2.16. The lowest BCUT2D eigenvalue weighted by Gasteiger charge is -2.35. The maximum atomic E-state index is 10.7. The van der Waals surface area contributed by atoms with Gasteiger partial charge in [0.15, 0.2) is 0 Å². The van der Waals surface area contributed by atoms with Crippen molar-refractivity contribution in [3.8, 4) is 16.9 Å². The van der Waals surface area contributed by atoms with Gasteiger partial charge in [0.25, 0.3) is 0 Å². The Morgan fingerprint density at radius 1 is 0.692 bits per heavy atom. The second-order valence-corrected chi connectivity index (χ2v) is 7.05. The third-order valence-electron chi connectivity index (χ3n) is 5.30. The van der Waals surface area contributed by atoms with E-state index in [1.54, 1.807) is 0 Å². The normalized spacial score (nSPS) is 16.3. The Hall–Kier alpha value is -2.58. The Kier molecular flexibility index (Phi) is 5.03. The van der Waals surface area contributed by atoms with Crippen LogP contribution < -0.4 is 0 Å². The van der Waals surface area contributed by atoms with E-state index in [4.69, 9.17) is 0 Å². The molecule has 0 spiro atoms. The first-order valence-electron chi connectivity index (χ1n) is 9.50. The van der Waals surface area contributed by atoms with Gasteiger partial charge in [-0.3, -0.25) is 4.90 Å². The van der Waals surface area contributed by atoms with E-state index in [1.807, 2.05) is 18.2 Å². The molecule has 1 fully saturated rings. The minimum absolute atomic E-state index is 0.0974. The van der Waals surface area contributed by atoms with E-state index in [-0.39, 0.29) is 6.04 Å². The SMILES string of the molecule is Oc1ccc(-c2ccccc2)cc1C(c1ccccc1)N1CCCCC1. The number of benzene rings is 3. The van der Waals surface area contributed by atoms with Gasteiger partial charge in [0.1, 0.15) is 5.75 Å². The number of piperidine rings is 1. The lowest BCUT2D eigenvalue weighted by atomic mass is 9.92. The molecular weight excluding hydrogens is 318 g/mol. The molecular formula is C24H25NO.